The molecule has 0 bridgehead atoms. The topological polar surface area (TPSA) is 46.3 Å². The molecule has 0 aliphatic heterocycles. The predicted molar refractivity (Wildman–Crippen MR) is 63.6 cm³/mol. The Balaban J connectivity index is 4.71. The molecular formula is C7H9Cl3N2OS. The Labute approximate surface area is 103 Å². The summed E-state index contributed by atoms with van der Waals surface area (Å²) in [5, 5.41) is 0.126. The standard InChI is InChI=1S/C7H9Cl3N2OS/c1-4(3-12(2)6(11)14)5(13)7(8,9)10/h3H,1-2H3,(H2,11,14)/b4-3+. The summed E-state index contributed by atoms with van der Waals surface area (Å²) in [5.74, 6) is -0.606. The third-order valence-corrected chi connectivity index (χ3v) is 2.15. The number of allylic oxidation sites excluding steroid dienone is 1. The van der Waals surface area contributed by atoms with E-state index in [2.05, 4.69) is 12.2 Å². The summed E-state index contributed by atoms with van der Waals surface area (Å²) in [6, 6.07) is 0. The van der Waals surface area contributed by atoms with Gasteiger partial charge in [0.2, 0.25) is 5.78 Å². The van der Waals surface area contributed by atoms with Gasteiger partial charge in [0, 0.05) is 18.8 Å². The maximum atomic E-state index is 11.3. The van der Waals surface area contributed by atoms with Crippen LogP contribution in [0.2, 0.25) is 0 Å². The molecule has 0 saturated carbocycles. The lowest BCUT2D eigenvalue weighted by Crippen LogP contribution is -2.29. The van der Waals surface area contributed by atoms with Crippen LogP contribution in [0.25, 0.3) is 0 Å². The van der Waals surface area contributed by atoms with Crippen LogP contribution in [0.3, 0.4) is 0 Å². The second kappa shape index (κ2) is 5.16. The van der Waals surface area contributed by atoms with Gasteiger partial charge in [-0.05, 0) is 19.1 Å². The van der Waals surface area contributed by atoms with E-state index in [9.17, 15) is 4.79 Å². The van der Waals surface area contributed by atoms with Crippen molar-refractivity contribution in [2.75, 3.05) is 7.05 Å². The molecule has 0 aromatic heterocycles. The summed E-state index contributed by atoms with van der Waals surface area (Å²) in [6.07, 6.45) is 1.41. The third-order valence-electron chi connectivity index (χ3n) is 1.35. The number of alkyl halides is 3. The number of halogens is 3. The molecule has 0 heterocycles. The number of rotatable bonds is 2. The first-order valence-corrected chi connectivity index (χ1v) is 5.02. The molecule has 0 spiro atoms. The van der Waals surface area contributed by atoms with Gasteiger partial charge in [-0.3, -0.25) is 4.79 Å². The molecule has 0 aromatic rings. The van der Waals surface area contributed by atoms with Gasteiger partial charge in [0.25, 0.3) is 3.79 Å². The van der Waals surface area contributed by atoms with Gasteiger partial charge >= 0.3 is 0 Å². The fraction of sp³-hybridized carbons (Fsp3) is 0.429. The van der Waals surface area contributed by atoms with Crippen LogP contribution in [-0.4, -0.2) is 26.6 Å². The highest BCUT2D eigenvalue weighted by Crippen LogP contribution is 2.29. The average molecular weight is 276 g/mol. The highest BCUT2D eigenvalue weighted by atomic mass is 35.6. The van der Waals surface area contributed by atoms with E-state index in [-0.39, 0.29) is 10.7 Å². The van der Waals surface area contributed by atoms with Crippen LogP contribution in [-0.2, 0) is 4.79 Å². The Bertz CT molecular complexity index is 285. The second-order valence-electron chi connectivity index (χ2n) is 2.59. The smallest absolute Gasteiger partial charge is 0.253 e. The maximum absolute atomic E-state index is 11.3. The SMILES string of the molecule is C/C(=C\N(C)C(N)=S)C(=O)C(Cl)(Cl)Cl. The minimum Gasteiger partial charge on any atom is -0.376 e. The fourth-order valence-electron chi connectivity index (χ4n) is 0.636. The van der Waals surface area contributed by atoms with Gasteiger partial charge in [-0.15, -0.1) is 0 Å². The zero-order valence-electron chi connectivity index (χ0n) is 7.55. The van der Waals surface area contributed by atoms with E-state index in [0.29, 0.717) is 0 Å². The first-order valence-electron chi connectivity index (χ1n) is 3.48. The van der Waals surface area contributed by atoms with Crippen LogP contribution in [0.5, 0.6) is 0 Å². The Morgan fingerprint density at radius 2 is 1.93 bits per heavy atom. The quantitative estimate of drug-likeness (QED) is 0.476. The van der Waals surface area contributed by atoms with Gasteiger partial charge < -0.3 is 10.6 Å². The number of nitrogens with zero attached hydrogens (tertiary/aromatic N) is 1. The van der Waals surface area contributed by atoms with Gasteiger partial charge in [0.15, 0.2) is 5.11 Å². The molecular weight excluding hydrogens is 267 g/mol. The summed E-state index contributed by atoms with van der Waals surface area (Å²) >= 11 is 20.9. The molecule has 0 atom stereocenters. The van der Waals surface area contributed by atoms with Crippen molar-refractivity contribution in [3.8, 4) is 0 Å². The van der Waals surface area contributed by atoms with E-state index in [1.54, 1.807) is 7.05 Å². The lowest BCUT2D eigenvalue weighted by Gasteiger charge is -2.14. The van der Waals surface area contributed by atoms with Crippen molar-refractivity contribution < 1.29 is 4.79 Å². The van der Waals surface area contributed by atoms with E-state index >= 15 is 0 Å². The molecule has 2 N–H and O–H groups in total. The van der Waals surface area contributed by atoms with Gasteiger partial charge in [-0.1, -0.05) is 34.8 Å². The fourth-order valence-corrected chi connectivity index (χ4v) is 1.14. The summed E-state index contributed by atoms with van der Waals surface area (Å²) in [7, 11) is 1.59. The Morgan fingerprint density at radius 1 is 1.50 bits per heavy atom. The highest BCUT2D eigenvalue weighted by molar-refractivity contribution is 7.80. The van der Waals surface area contributed by atoms with E-state index in [1.807, 2.05) is 0 Å². The minimum atomic E-state index is -1.95. The first kappa shape index (κ1) is 14.0. The van der Waals surface area contributed by atoms with Crippen molar-refractivity contribution in [2.24, 2.45) is 5.73 Å². The van der Waals surface area contributed by atoms with Crippen LogP contribution in [0.15, 0.2) is 11.8 Å². The number of carbonyl (C=O) groups is 1. The molecule has 3 nitrogen and oxygen atoms in total. The number of Topliss-reactive ketones (excluding diaryl/α,β-unsaturated/α-hetero) is 1. The first-order chi connectivity index (χ1) is 6.16. The van der Waals surface area contributed by atoms with Crippen LogP contribution >= 0.6 is 47.0 Å². The third kappa shape index (κ3) is 4.46. The number of hydrogen-bond donors (Lipinski definition) is 1. The molecule has 0 amide bonds. The number of ketones is 1. The molecule has 0 unspecified atom stereocenters. The molecule has 0 aromatic carbocycles. The summed E-state index contributed by atoms with van der Waals surface area (Å²) in [6.45, 7) is 1.51. The number of carbonyl (C=O) groups excluding carboxylic acids is 1. The van der Waals surface area contributed by atoms with Crippen molar-refractivity contribution in [3.63, 3.8) is 0 Å². The van der Waals surface area contributed by atoms with Crippen molar-refractivity contribution in [1.29, 1.82) is 0 Å². The Morgan fingerprint density at radius 3 is 2.21 bits per heavy atom. The van der Waals surface area contributed by atoms with Crippen molar-refractivity contribution in [1.82, 2.24) is 4.90 Å². The molecule has 0 saturated heterocycles. The summed E-state index contributed by atoms with van der Waals surface area (Å²) in [5.41, 5.74) is 5.56. The molecule has 0 aliphatic rings. The van der Waals surface area contributed by atoms with Crippen molar-refractivity contribution in [2.45, 2.75) is 10.7 Å². The molecule has 7 heteroatoms. The van der Waals surface area contributed by atoms with E-state index in [0.717, 1.165) is 0 Å². The monoisotopic (exact) mass is 274 g/mol. The summed E-state index contributed by atoms with van der Waals surface area (Å²) < 4.78 is -1.95. The largest absolute Gasteiger partial charge is 0.376 e. The van der Waals surface area contributed by atoms with Crippen molar-refractivity contribution >= 4 is 57.9 Å². The summed E-state index contributed by atoms with van der Waals surface area (Å²) in [4.78, 5) is 12.7. The lowest BCUT2D eigenvalue weighted by molar-refractivity contribution is -0.114. The second-order valence-corrected chi connectivity index (χ2v) is 5.29. The molecule has 14 heavy (non-hydrogen) atoms. The van der Waals surface area contributed by atoms with Gasteiger partial charge in [0.05, 0.1) is 0 Å². The number of nitrogens with two attached hydrogens (primary N) is 1. The van der Waals surface area contributed by atoms with Gasteiger partial charge in [-0.2, -0.15) is 0 Å². The molecule has 80 valence electrons. The molecule has 0 aliphatic carbocycles. The van der Waals surface area contributed by atoms with Crippen LogP contribution in [0.1, 0.15) is 6.92 Å². The lowest BCUT2D eigenvalue weighted by atomic mass is 10.2. The maximum Gasteiger partial charge on any atom is 0.253 e. The van der Waals surface area contributed by atoms with E-state index < -0.39 is 9.58 Å². The average Bonchev–Trinajstić information content (AvgIpc) is 2.00. The normalized spacial score (nSPS) is 12.5. The predicted octanol–water partition coefficient (Wildman–Crippen LogP) is 2.00. The minimum absolute atomic E-state index is 0.126. The van der Waals surface area contributed by atoms with Gasteiger partial charge in [-0.25, -0.2) is 0 Å². The van der Waals surface area contributed by atoms with Gasteiger partial charge in [0.1, 0.15) is 0 Å². The highest BCUT2D eigenvalue weighted by Gasteiger charge is 2.31. The molecule has 0 rings (SSSR count). The van der Waals surface area contributed by atoms with Crippen LogP contribution in [0, 0.1) is 0 Å². The zero-order valence-corrected chi connectivity index (χ0v) is 10.6. The number of thiocarbonyl (C=S) groups is 1. The van der Waals surface area contributed by atoms with Crippen LogP contribution in [0.4, 0.5) is 0 Å². The molecule has 0 radical (unpaired) electrons. The Hall–Kier alpha value is -0.0300. The Kier molecular flexibility index (Phi) is 5.15. The van der Waals surface area contributed by atoms with Crippen LogP contribution < -0.4 is 5.73 Å². The van der Waals surface area contributed by atoms with E-state index in [4.69, 9.17) is 40.5 Å². The zero-order chi connectivity index (χ0) is 11.5. The molecule has 0 fully saturated rings. The van der Waals surface area contributed by atoms with E-state index in [1.165, 1.54) is 18.0 Å². The van der Waals surface area contributed by atoms with Crippen molar-refractivity contribution in [3.05, 3.63) is 11.8 Å². The number of hydrogen-bond acceptors (Lipinski definition) is 2.